The third-order valence-corrected chi connectivity index (χ3v) is 4.20. The summed E-state index contributed by atoms with van der Waals surface area (Å²) in [4.78, 5) is 0. The van der Waals surface area contributed by atoms with Gasteiger partial charge in [0, 0.05) is 5.56 Å². The number of allylic oxidation sites excluding steroid dienone is 2. The van der Waals surface area contributed by atoms with Crippen LogP contribution >= 0.6 is 0 Å². The average molecular weight is 250 g/mol. The highest BCUT2D eigenvalue weighted by Crippen LogP contribution is 2.35. The fourth-order valence-corrected chi connectivity index (χ4v) is 2.70. The molecule has 0 aliphatic heterocycles. The molecule has 2 atom stereocenters. The van der Waals surface area contributed by atoms with Crippen molar-refractivity contribution in [3.05, 3.63) is 41.5 Å². The Morgan fingerprint density at radius 1 is 1.33 bits per heavy atom. The van der Waals surface area contributed by atoms with Crippen LogP contribution in [0.4, 0.5) is 8.78 Å². The molecule has 0 saturated heterocycles. The van der Waals surface area contributed by atoms with Crippen LogP contribution in [0.5, 0.6) is 0 Å². The van der Waals surface area contributed by atoms with E-state index in [1.807, 2.05) is 0 Å². The van der Waals surface area contributed by atoms with E-state index >= 15 is 0 Å². The minimum Gasteiger partial charge on any atom is -0.204 e. The van der Waals surface area contributed by atoms with Crippen molar-refractivity contribution in [2.24, 2.45) is 11.8 Å². The zero-order valence-corrected chi connectivity index (χ0v) is 11.0. The smallest absolute Gasteiger partial charge is 0.166 e. The Bertz CT molecular complexity index is 448. The normalized spacial score (nSPS) is 21.6. The molecule has 1 aromatic rings. The van der Waals surface area contributed by atoms with Crippen molar-refractivity contribution < 1.29 is 8.78 Å². The molecule has 0 amide bonds. The van der Waals surface area contributed by atoms with Crippen LogP contribution in [-0.4, -0.2) is 0 Å². The molecule has 0 spiro atoms. The van der Waals surface area contributed by atoms with Gasteiger partial charge in [0.05, 0.1) is 0 Å². The molecular weight excluding hydrogens is 230 g/mol. The van der Waals surface area contributed by atoms with Crippen LogP contribution in [0, 0.1) is 23.5 Å². The van der Waals surface area contributed by atoms with E-state index in [2.05, 4.69) is 19.9 Å². The highest BCUT2D eigenvalue weighted by Gasteiger charge is 2.21. The minimum atomic E-state index is -0.752. The molecular formula is C16H20F2. The molecule has 18 heavy (non-hydrogen) atoms. The summed E-state index contributed by atoms with van der Waals surface area (Å²) >= 11 is 0. The monoisotopic (exact) mass is 250 g/mol. The molecule has 0 saturated carbocycles. The molecule has 0 N–H and O–H groups in total. The highest BCUT2D eigenvalue weighted by atomic mass is 19.2. The summed E-state index contributed by atoms with van der Waals surface area (Å²) in [5.74, 6) is -0.0567. The van der Waals surface area contributed by atoms with Crippen LogP contribution in [0.3, 0.4) is 0 Å². The van der Waals surface area contributed by atoms with Crippen molar-refractivity contribution in [3.63, 3.8) is 0 Å². The number of hydrogen-bond donors (Lipinski definition) is 0. The van der Waals surface area contributed by atoms with E-state index in [1.165, 1.54) is 12.5 Å². The van der Waals surface area contributed by atoms with E-state index in [4.69, 9.17) is 0 Å². The summed E-state index contributed by atoms with van der Waals surface area (Å²) in [6, 6.07) is 4.42. The average Bonchev–Trinajstić information content (AvgIpc) is 2.41. The van der Waals surface area contributed by atoms with Crippen molar-refractivity contribution in [1.82, 2.24) is 0 Å². The van der Waals surface area contributed by atoms with Gasteiger partial charge in [0.25, 0.3) is 0 Å². The van der Waals surface area contributed by atoms with Gasteiger partial charge < -0.3 is 0 Å². The van der Waals surface area contributed by atoms with Gasteiger partial charge in [-0.3, -0.25) is 0 Å². The van der Waals surface area contributed by atoms with Crippen LogP contribution in [0.1, 0.15) is 45.1 Å². The van der Waals surface area contributed by atoms with Gasteiger partial charge in [0.15, 0.2) is 11.6 Å². The summed E-state index contributed by atoms with van der Waals surface area (Å²) in [6.45, 7) is 4.47. The highest BCUT2D eigenvalue weighted by molar-refractivity contribution is 5.66. The maximum atomic E-state index is 13.7. The van der Waals surface area contributed by atoms with E-state index in [-0.39, 0.29) is 0 Å². The number of hydrogen-bond acceptors (Lipinski definition) is 0. The predicted molar refractivity (Wildman–Crippen MR) is 71.1 cm³/mol. The minimum absolute atomic E-state index is 0.442. The van der Waals surface area contributed by atoms with E-state index in [9.17, 15) is 8.78 Å². The summed E-state index contributed by atoms with van der Waals surface area (Å²) in [5.41, 5.74) is 1.41. The Morgan fingerprint density at radius 3 is 2.72 bits per heavy atom. The summed E-state index contributed by atoms with van der Waals surface area (Å²) in [7, 11) is 0. The number of benzene rings is 1. The van der Waals surface area contributed by atoms with Crippen LogP contribution in [-0.2, 0) is 0 Å². The lowest BCUT2D eigenvalue weighted by Gasteiger charge is -2.26. The molecule has 0 radical (unpaired) electrons. The van der Waals surface area contributed by atoms with Gasteiger partial charge in [-0.25, -0.2) is 8.78 Å². The van der Waals surface area contributed by atoms with Crippen molar-refractivity contribution in [3.8, 4) is 0 Å². The summed E-state index contributed by atoms with van der Waals surface area (Å²) in [6.07, 6.45) is 6.20. The summed E-state index contributed by atoms with van der Waals surface area (Å²) in [5, 5.41) is 0. The molecule has 0 nitrogen and oxygen atoms in total. The first-order valence-electron chi connectivity index (χ1n) is 6.76. The Morgan fingerprint density at radius 2 is 2.11 bits per heavy atom. The Kier molecular flexibility index (Phi) is 4.15. The Hall–Kier alpha value is -1.18. The second-order valence-electron chi connectivity index (χ2n) is 5.25. The van der Waals surface area contributed by atoms with Crippen molar-refractivity contribution in [2.45, 2.75) is 39.5 Å². The van der Waals surface area contributed by atoms with Gasteiger partial charge in [-0.2, -0.15) is 0 Å². The zero-order chi connectivity index (χ0) is 13.1. The third-order valence-electron chi connectivity index (χ3n) is 4.20. The lowest BCUT2D eigenvalue weighted by molar-refractivity contribution is 0.326. The maximum absolute atomic E-state index is 13.7. The third kappa shape index (κ3) is 2.63. The molecule has 1 aliphatic rings. The van der Waals surface area contributed by atoms with Gasteiger partial charge in [-0.1, -0.05) is 38.5 Å². The Balaban J connectivity index is 2.17. The van der Waals surface area contributed by atoms with E-state index in [0.717, 1.165) is 24.8 Å². The van der Waals surface area contributed by atoms with Crippen LogP contribution < -0.4 is 0 Å². The summed E-state index contributed by atoms with van der Waals surface area (Å²) < 4.78 is 26.9. The van der Waals surface area contributed by atoms with E-state index < -0.39 is 11.6 Å². The van der Waals surface area contributed by atoms with E-state index in [0.29, 0.717) is 17.4 Å². The second-order valence-corrected chi connectivity index (χ2v) is 5.25. The molecule has 1 aliphatic carbocycles. The molecule has 1 aromatic carbocycles. The van der Waals surface area contributed by atoms with Crippen LogP contribution in [0.25, 0.3) is 5.57 Å². The largest absolute Gasteiger partial charge is 0.204 e. The number of halogens is 2. The lowest BCUT2D eigenvalue weighted by Crippen LogP contribution is -2.14. The first kappa shape index (κ1) is 13.3. The van der Waals surface area contributed by atoms with Crippen molar-refractivity contribution >= 4 is 5.57 Å². The standard InChI is InChI=1S/C16H20F2/c1-3-11(2)12-7-9-13(10-8-12)14-5-4-6-15(17)16(14)18/h4-6,9,11-12H,3,7-8,10H2,1-2H3. The lowest BCUT2D eigenvalue weighted by atomic mass is 9.79. The van der Waals surface area contributed by atoms with Gasteiger partial charge in [0.2, 0.25) is 0 Å². The fraction of sp³-hybridized carbons (Fsp3) is 0.500. The Labute approximate surface area is 108 Å². The molecule has 98 valence electrons. The molecule has 0 aromatic heterocycles. The van der Waals surface area contributed by atoms with E-state index in [1.54, 1.807) is 12.1 Å². The van der Waals surface area contributed by atoms with Crippen LogP contribution in [0.2, 0.25) is 0 Å². The molecule has 2 unspecified atom stereocenters. The maximum Gasteiger partial charge on any atom is 0.166 e. The quantitative estimate of drug-likeness (QED) is 0.692. The van der Waals surface area contributed by atoms with Gasteiger partial charge in [-0.15, -0.1) is 0 Å². The van der Waals surface area contributed by atoms with Gasteiger partial charge >= 0.3 is 0 Å². The predicted octanol–water partition coefficient (Wildman–Crippen LogP) is 5.19. The van der Waals surface area contributed by atoms with Gasteiger partial charge in [0.1, 0.15) is 0 Å². The van der Waals surface area contributed by atoms with Crippen molar-refractivity contribution in [2.75, 3.05) is 0 Å². The van der Waals surface area contributed by atoms with Crippen LogP contribution in [0.15, 0.2) is 24.3 Å². The first-order chi connectivity index (χ1) is 8.63. The zero-order valence-electron chi connectivity index (χ0n) is 11.0. The topological polar surface area (TPSA) is 0 Å². The molecule has 0 bridgehead atoms. The molecule has 2 heteroatoms. The second kappa shape index (κ2) is 5.64. The first-order valence-corrected chi connectivity index (χ1v) is 6.76. The van der Waals surface area contributed by atoms with Gasteiger partial charge in [-0.05, 0) is 42.7 Å². The molecule has 0 heterocycles. The number of rotatable bonds is 3. The molecule has 0 fully saturated rings. The SMILES string of the molecule is CCC(C)C1CC=C(c2cccc(F)c2F)CC1. The molecule has 2 rings (SSSR count). The van der Waals surface area contributed by atoms with Crippen molar-refractivity contribution in [1.29, 1.82) is 0 Å². The fourth-order valence-electron chi connectivity index (χ4n) is 2.70.